The second kappa shape index (κ2) is 6.15. The lowest BCUT2D eigenvalue weighted by atomic mass is 10.00. The second-order valence-electron chi connectivity index (χ2n) is 4.49. The van der Waals surface area contributed by atoms with Gasteiger partial charge in [0.25, 0.3) is 11.5 Å². The van der Waals surface area contributed by atoms with Gasteiger partial charge in [0.15, 0.2) is 0 Å². The maximum absolute atomic E-state index is 11.9. The van der Waals surface area contributed by atoms with Crippen molar-refractivity contribution >= 4 is 21.8 Å². The third-order valence-corrected chi connectivity index (χ3v) is 3.66. The van der Waals surface area contributed by atoms with Crippen LogP contribution >= 0.6 is 15.9 Å². The fourth-order valence-electron chi connectivity index (χ4n) is 2.02. The fourth-order valence-corrected chi connectivity index (χ4v) is 2.39. The van der Waals surface area contributed by atoms with Gasteiger partial charge in [-0.05, 0) is 53.8 Å². The van der Waals surface area contributed by atoms with E-state index < -0.39 is 0 Å². The number of carbonyl (C=O) groups excluding carboxylic acids is 1. The van der Waals surface area contributed by atoms with E-state index in [1.165, 1.54) is 12.3 Å². The minimum Gasteiger partial charge on any atom is -0.352 e. The molecule has 1 aliphatic rings. The van der Waals surface area contributed by atoms with Crippen molar-refractivity contribution < 1.29 is 4.79 Å². The molecule has 3 N–H and O–H groups in total. The molecule has 0 saturated carbocycles. The molecule has 1 aromatic heterocycles. The van der Waals surface area contributed by atoms with E-state index >= 15 is 0 Å². The molecule has 0 aromatic carbocycles. The third kappa shape index (κ3) is 3.43. The van der Waals surface area contributed by atoms with Crippen molar-refractivity contribution in [1.82, 2.24) is 15.6 Å². The standard InChI is InChI=1S/C12H16BrN3O2/c13-10-4-9(7-16-12(10)18)11(17)15-6-8-2-1-3-14-5-8/h4,7-8,14H,1-3,5-6H2,(H,15,17)(H,16,18). The van der Waals surface area contributed by atoms with Gasteiger partial charge in [0.2, 0.25) is 0 Å². The number of piperidine rings is 1. The highest BCUT2D eigenvalue weighted by Gasteiger charge is 2.14. The number of hydrogen-bond acceptors (Lipinski definition) is 3. The highest BCUT2D eigenvalue weighted by molar-refractivity contribution is 9.10. The van der Waals surface area contributed by atoms with E-state index in [2.05, 4.69) is 31.5 Å². The van der Waals surface area contributed by atoms with Gasteiger partial charge < -0.3 is 15.6 Å². The normalized spacial score (nSPS) is 19.5. The maximum Gasteiger partial charge on any atom is 0.262 e. The molecule has 0 bridgehead atoms. The van der Waals surface area contributed by atoms with E-state index in [4.69, 9.17) is 0 Å². The molecule has 1 aliphatic heterocycles. The largest absolute Gasteiger partial charge is 0.352 e. The topological polar surface area (TPSA) is 74.0 Å². The SMILES string of the molecule is O=C(NCC1CCCNC1)c1c[nH]c(=O)c(Br)c1. The van der Waals surface area contributed by atoms with E-state index in [1.807, 2.05) is 0 Å². The molecule has 0 radical (unpaired) electrons. The predicted molar refractivity (Wildman–Crippen MR) is 72.7 cm³/mol. The van der Waals surface area contributed by atoms with Gasteiger partial charge in [0.05, 0.1) is 10.0 Å². The third-order valence-electron chi connectivity index (χ3n) is 3.07. The average molecular weight is 314 g/mol. The molecule has 1 fully saturated rings. The summed E-state index contributed by atoms with van der Waals surface area (Å²) in [7, 11) is 0. The van der Waals surface area contributed by atoms with Gasteiger partial charge in [0, 0.05) is 12.7 Å². The van der Waals surface area contributed by atoms with Gasteiger partial charge >= 0.3 is 0 Å². The molecule has 1 aromatic rings. The van der Waals surface area contributed by atoms with E-state index in [9.17, 15) is 9.59 Å². The van der Waals surface area contributed by atoms with E-state index in [0.29, 0.717) is 22.5 Å². The number of aromatic nitrogens is 1. The summed E-state index contributed by atoms with van der Waals surface area (Å²) in [6.45, 7) is 2.69. The van der Waals surface area contributed by atoms with Crippen molar-refractivity contribution in [3.63, 3.8) is 0 Å². The van der Waals surface area contributed by atoms with Crippen LogP contribution in [0.4, 0.5) is 0 Å². The van der Waals surface area contributed by atoms with Crippen LogP contribution in [-0.4, -0.2) is 30.5 Å². The first-order chi connectivity index (χ1) is 8.66. The Morgan fingerprint density at radius 3 is 3.06 bits per heavy atom. The first kappa shape index (κ1) is 13.3. The van der Waals surface area contributed by atoms with Crippen molar-refractivity contribution in [1.29, 1.82) is 0 Å². The van der Waals surface area contributed by atoms with Crippen LogP contribution in [-0.2, 0) is 0 Å². The van der Waals surface area contributed by atoms with Crippen molar-refractivity contribution in [3.05, 3.63) is 32.7 Å². The highest BCUT2D eigenvalue weighted by atomic mass is 79.9. The lowest BCUT2D eigenvalue weighted by Crippen LogP contribution is -2.38. The maximum atomic E-state index is 11.9. The Labute approximate surface area is 113 Å². The second-order valence-corrected chi connectivity index (χ2v) is 5.34. The monoisotopic (exact) mass is 313 g/mol. The van der Waals surface area contributed by atoms with Crippen LogP contribution in [0.15, 0.2) is 21.5 Å². The smallest absolute Gasteiger partial charge is 0.262 e. The lowest BCUT2D eigenvalue weighted by molar-refractivity contribution is 0.0944. The first-order valence-corrected chi connectivity index (χ1v) is 6.83. The molecule has 1 unspecified atom stereocenters. The van der Waals surface area contributed by atoms with Crippen LogP contribution in [0.3, 0.4) is 0 Å². The molecular weight excluding hydrogens is 298 g/mol. The summed E-state index contributed by atoms with van der Waals surface area (Å²) in [5.41, 5.74) is 0.230. The first-order valence-electron chi connectivity index (χ1n) is 6.04. The van der Waals surface area contributed by atoms with Gasteiger partial charge in [-0.25, -0.2) is 0 Å². The molecule has 1 amide bonds. The quantitative estimate of drug-likeness (QED) is 0.775. The van der Waals surface area contributed by atoms with Crippen LogP contribution in [0, 0.1) is 5.92 Å². The summed E-state index contributed by atoms with van der Waals surface area (Å²) in [4.78, 5) is 25.5. The summed E-state index contributed by atoms with van der Waals surface area (Å²) >= 11 is 3.11. The Morgan fingerprint density at radius 2 is 2.39 bits per heavy atom. The minimum absolute atomic E-state index is 0.155. The van der Waals surface area contributed by atoms with Crippen molar-refractivity contribution in [2.24, 2.45) is 5.92 Å². The summed E-state index contributed by atoms with van der Waals surface area (Å²) in [6, 6.07) is 1.54. The minimum atomic E-state index is -0.233. The summed E-state index contributed by atoms with van der Waals surface area (Å²) in [6.07, 6.45) is 3.73. The van der Waals surface area contributed by atoms with E-state index in [0.717, 1.165) is 25.9 Å². The zero-order chi connectivity index (χ0) is 13.0. The molecule has 18 heavy (non-hydrogen) atoms. The number of carbonyl (C=O) groups is 1. The van der Waals surface area contributed by atoms with Crippen LogP contribution < -0.4 is 16.2 Å². The molecule has 0 spiro atoms. The van der Waals surface area contributed by atoms with Gasteiger partial charge in [0.1, 0.15) is 0 Å². The predicted octanol–water partition coefficient (Wildman–Crippen LogP) is 0.867. The Hall–Kier alpha value is -1.14. The van der Waals surface area contributed by atoms with Crippen molar-refractivity contribution in [2.75, 3.05) is 19.6 Å². The van der Waals surface area contributed by atoms with Crippen LogP contribution in [0.2, 0.25) is 0 Å². The molecular formula is C12H16BrN3O2. The van der Waals surface area contributed by atoms with Gasteiger partial charge in [-0.2, -0.15) is 0 Å². The number of aromatic amines is 1. The van der Waals surface area contributed by atoms with Gasteiger partial charge in [-0.1, -0.05) is 0 Å². The Bertz CT molecular complexity index is 480. The van der Waals surface area contributed by atoms with Crippen LogP contribution in [0.5, 0.6) is 0 Å². The molecule has 2 heterocycles. The van der Waals surface area contributed by atoms with Crippen LogP contribution in [0.1, 0.15) is 23.2 Å². The number of rotatable bonds is 3. The molecule has 1 saturated heterocycles. The number of nitrogens with one attached hydrogen (secondary N) is 3. The summed E-state index contributed by atoms with van der Waals surface area (Å²) in [5, 5.41) is 6.20. The van der Waals surface area contributed by atoms with Gasteiger partial charge in [-0.3, -0.25) is 9.59 Å². The number of halogens is 1. The van der Waals surface area contributed by atoms with Gasteiger partial charge in [-0.15, -0.1) is 0 Å². The Kier molecular flexibility index (Phi) is 4.54. The molecule has 98 valence electrons. The number of H-pyrrole nitrogens is 1. The van der Waals surface area contributed by atoms with Crippen molar-refractivity contribution in [2.45, 2.75) is 12.8 Å². The van der Waals surface area contributed by atoms with Crippen LogP contribution in [0.25, 0.3) is 0 Å². The summed E-state index contributed by atoms with van der Waals surface area (Å²) in [5.74, 6) is 0.339. The zero-order valence-corrected chi connectivity index (χ0v) is 11.5. The molecule has 1 atom stereocenters. The Morgan fingerprint density at radius 1 is 1.56 bits per heavy atom. The summed E-state index contributed by atoms with van der Waals surface area (Å²) < 4.78 is 0.370. The molecule has 5 nitrogen and oxygen atoms in total. The lowest BCUT2D eigenvalue weighted by Gasteiger charge is -2.22. The van der Waals surface area contributed by atoms with E-state index in [-0.39, 0.29) is 11.5 Å². The van der Waals surface area contributed by atoms with E-state index in [1.54, 1.807) is 0 Å². The zero-order valence-electron chi connectivity index (χ0n) is 9.96. The highest BCUT2D eigenvalue weighted by Crippen LogP contribution is 2.09. The number of amides is 1. The molecule has 6 heteroatoms. The van der Waals surface area contributed by atoms with Crippen molar-refractivity contribution in [3.8, 4) is 0 Å². The number of hydrogen-bond donors (Lipinski definition) is 3. The Balaban J connectivity index is 1.90. The molecule has 0 aliphatic carbocycles. The fraction of sp³-hybridized carbons (Fsp3) is 0.500. The molecule has 2 rings (SSSR count). The number of pyridine rings is 1. The average Bonchev–Trinajstić information content (AvgIpc) is 2.40.